The molecule has 0 radical (unpaired) electrons. The van der Waals surface area contributed by atoms with Crippen molar-refractivity contribution in [2.24, 2.45) is 0 Å². The van der Waals surface area contributed by atoms with E-state index in [1.165, 1.54) is 0 Å². The maximum absolute atomic E-state index is 12.2. The van der Waals surface area contributed by atoms with Gasteiger partial charge >= 0.3 is 5.97 Å². The topological polar surface area (TPSA) is 44.8 Å². The molecular weight excluding hydrogens is 328 g/mol. The molecule has 138 valence electrons. The first-order valence-corrected chi connectivity index (χ1v) is 8.72. The molecule has 0 saturated carbocycles. The predicted octanol–water partition coefficient (Wildman–Crippen LogP) is 4.98. The van der Waals surface area contributed by atoms with E-state index in [9.17, 15) is 4.79 Å². The minimum absolute atomic E-state index is 0.195. The van der Waals surface area contributed by atoms with E-state index < -0.39 is 11.6 Å². The molecule has 0 heterocycles. The highest BCUT2D eigenvalue weighted by molar-refractivity contribution is 5.91. The maximum Gasteiger partial charge on any atom is 0.374 e. The number of hydrogen-bond donors (Lipinski definition) is 0. The van der Waals surface area contributed by atoms with Crippen molar-refractivity contribution in [3.63, 3.8) is 0 Å². The SMILES string of the molecule is CCOC(=Cc1ccc(OCc2ccccc2)cc1)C(=O)OC(C)(C)C. The lowest BCUT2D eigenvalue weighted by Crippen LogP contribution is -2.25. The van der Waals surface area contributed by atoms with Crippen LogP contribution in [0.5, 0.6) is 5.75 Å². The van der Waals surface area contributed by atoms with Crippen molar-refractivity contribution in [3.05, 3.63) is 71.5 Å². The summed E-state index contributed by atoms with van der Waals surface area (Å²) in [6.45, 7) is 8.22. The van der Waals surface area contributed by atoms with Gasteiger partial charge in [0.05, 0.1) is 6.61 Å². The molecule has 0 spiro atoms. The second-order valence-corrected chi connectivity index (χ2v) is 6.79. The Morgan fingerprint density at radius 2 is 1.65 bits per heavy atom. The lowest BCUT2D eigenvalue weighted by atomic mass is 10.1. The van der Waals surface area contributed by atoms with Crippen molar-refractivity contribution in [3.8, 4) is 5.75 Å². The fourth-order valence-electron chi connectivity index (χ4n) is 2.20. The van der Waals surface area contributed by atoms with Crippen molar-refractivity contribution >= 4 is 12.0 Å². The van der Waals surface area contributed by atoms with E-state index in [-0.39, 0.29) is 5.76 Å². The summed E-state index contributed by atoms with van der Waals surface area (Å²) in [5.41, 5.74) is 1.38. The molecule has 2 aromatic carbocycles. The Kier molecular flexibility index (Phi) is 6.84. The fourth-order valence-corrected chi connectivity index (χ4v) is 2.20. The normalized spacial score (nSPS) is 11.8. The summed E-state index contributed by atoms with van der Waals surface area (Å²) in [6.07, 6.45) is 1.68. The van der Waals surface area contributed by atoms with Crippen LogP contribution in [0.3, 0.4) is 0 Å². The molecule has 0 aliphatic heterocycles. The average Bonchev–Trinajstić information content (AvgIpc) is 2.60. The fraction of sp³-hybridized carbons (Fsp3) is 0.318. The molecule has 0 bridgehead atoms. The van der Waals surface area contributed by atoms with Gasteiger partial charge < -0.3 is 14.2 Å². The van der Waals surface area contributed by atoms with E-state index in [1.807, 2.05) is 82.3 Å². The average molecular weight is 354 g/mol. The summed E-state index contributed by atoms with van der Waals surface area (Å²) in [7, 11) is 0. The monoisotopic (exact) mass is 354 g/mol. The van der Waals surface area contributed by atoms with Gasteiger partial charge in [0.25, 0.3) is 0 Å². The Labute approximate surface area is 155 Å². The standard InChI is InChI=1S/C22H26O4/c1-5-24-20(21(23)26-22(2,3)4)15-17-11-13-19(14-12-17)25-16-18-9-7-6-8-10-18/h6-15H,5,16H2,1-4H3. The highest BCUT2D eigenvalue weighted by atomic mass is 16.6. The molecule has 0 saturated heterocycles. The lowest BCUT2D eigenvalue weighted by molar-refractivity contribution is -0.153. The van der Waals surface area contributed by atoms with Gasteiger partial charge in [-0.05, 0) is 57.0 Å². The summed E-state index contributed by atoms with van der Waals surface area (Å²) < 4.78 is 16.6. The molecule has 0 fully saturated rings. The molecule has 0 aliphatic rings. The zero-order chi connectivity index (χ0) is 19.0. The van der Waals surface area contributed by atoms with Crippen LogP contribution in [0.1, 0.15) is 38.8 Å². The Hall–Kier alpha value is -2.75. The van der Waals surface area contributed by atoms with Crippen LogP contribution in [-0.4, -0.2) is 18.2 Å². The van der Waals surface area contributed by atoms with Gasteiger partial charge in [0, 0.05) is 0 Å². The summed E-state index contributed by atoms with van der Waals surface area (Å²) in [5.74, 6) is 0.491. The van der Waals surface area contributed by atoms with Crippen LogP contribution >= 0.6 is 0 Å². The van der Waals surface area contributed by atoms with E-state index in [2.05, 4.69) is 0 Å². The van der Waals surface area contributed by atoms with Crippen LogP contribution in [0.15, 0.2) is 60.4 Å². The molecule has 0 unspecified atom stereocenters. The van der Waals surface area contributed by atoms with Crippen LogP contribution in [-0.2, 0) is 20.9 Å². The Morgan fingerprint density at radius 1 is 1.00 bits per heavy atom. The Morgan fingerprint density at radius 3 is 2.23 bits per heavy atom. The van der Waals surface area contributed by atoms with E-state index >= 15 is 0 Å². The number of hydrogen-bond acceptors (Lipinski definition) is 4. The van der Waals surface area contributed by atoms with Crippen molar-refractivity contribution in [1.82, 2.24) is 0 Å². The van der Waals surface area contributed by atoms with E-state index in [4.69, 9.17) is 14.2 Å². The van der Waals surface area contributed by atoms with Crippen LogP contribution in [0.4, 0.5) is 0 Å². The van der Waals surface area contributed by atoms with Crippen molar-refractivity contribution in [1.29, 1.82) is 0 Å². The van der Waals surface area contributed by atoms with Gasteiger partial charge in [-0.25, -0.2) is 4.79 Å². The predicted molar refractivity (Wildman–Crippen MR) is 103 cm³/mol. The molecule has 0 N–H and O–H groups in total. The molecule has 4 nitrogen and oxygen atoms in total. The van der Waals surface area contributed by atoms with Gasteiger partial charge in [0.1, 0.15) is 18.0 Å². The van der Waals surface area contributed by atoms with E-state index in [0.29, 0.717) is 13.2 Å². The Balaban J connectivity index is 2.04. The van der Waals surface area contributed by atoms with E-state index in [1.54, 1.807) is 6.08 Å². The highest BCUT2D eigenvalue weighted by Crippen LogP contribution is 2.18. The van der Waals surface area contributed by atoms with Gasteiger partial charge in [-0.15, -0.1) is 0 Å². The highest BCUT2D eigenvalue weighted by Gasteiger charge is 2.20. The first kappa shape index (κ1) is 19.6. The van der Waals surface area contributed by atoms with Crippen LogP contribution in [0, 0.1) is 0 Å². The minimum Gasteiger partial charge on any atom is -0.489 e. The van der Waals surface area contributed by atoms with Crippen molar-refractivity contribution < 1.29 is 19.0 Å². The molecular formula is C22H26O4. The third-order valence-corrected chi connectivity index (χ3v) is 3.33. The first-order valence-electron chi connectivity index (χ1n) is 8.72. The minimum atomic E-state index is -0.567. The number of ether oxygens (including phenoxy) is 3. The Bertz CT molecular complexity index is 725. The third kappa shape index (κ3) is 6.63. The van der Waals surface area contributed by atoms with Gasteiger partial charge in [-0.2, -0.15) is 0 Å². The molecule has 0 aliphatic carbocycles. The number of esters is 1. The molecule has 4 heteroatoms. The second kappa shape index (κ2) is 9.09. The van der Waals surface area contributed by atoms with Gasteiger partial charge in [0.2, 0.25) is 5.76 Å². The van der Waals surface area contributed by atoms with Crippen LogP contribution in [0.2, 0.25) is 0 Å². The first-order chi connectivity index (χ1) is 12.4. The van der Waals surface area contributed by atoms with Gasteiger partial charge in [-0.3, -0.25) is 0 Å². The molecule has 0 aromatic heterocycles. The smallest absolute Gasteiger partial charge is 0.374 e. The molecule has 0 amide bonds. The quantitative estimate of drug-likeness (QED) is 0.399. The summed E-state index contributed by atoms with van der Waals surface area (Å²) >= 11 is 0. The van der Waals surface area contributed by atoms with Crippen molar-refractivity contribution in [2.45, 2.75) is 39.9 Å². The number of rotatable bonds is 7. The van der Waals surface area contributed by atoms with Gasteiger partial charge in [0.15, 0.2) is 0 Å². The molecule has 26 heavy (non-hydrogen) atoms. The molecule has 2 aromatic rings. The zero-order valence-corrected chi connectivity index (χ0v) is 15.8. The summed E-state index contributed by atoms with van der Waals surface area (Å²) in [4.78, 5) is 12.2. The van der Waals surface area contributed by atoms with E-state index in [0.717, 1.165) is 16.9 Å². The second-order valence-electron chi connectivity index (χ2n) is 6.79. The maximum atomic E-state index is 12.2. The number of benzene rings is 2. The van der Waals surface area contributed by atoms with Crippen LogP contribution < -0.4 is 4.74 Å². The number of carbonyl (C=O) groups excluding carboxylic acids is 1. The largest absolute Gasteiger partial charge is 0.489 e. The molecule has 2 rings (SSSR count). The van der Waals surface area contributed by atoms with Crippen molar-refractivity contribution in [2.75, 3.05) is 6.61 Å². The summed E-state index contributed by atoms with van der Waals surface area (Å²) in [5, 5.41) is 0. The summed E-state index contributed by atoms with van der Waals surface area (Å²) in [6, 6.07) is 17.5. The van der Waals surface area contributed by atoms with Gasteiger partial charge in [-0.1, -0.05) is 42.5 Å². The molecule has 0 atom stereocenters. The lowest BCUT2D eigenvalue weighted by Gasteiger charge is -2.20. The third-order valence-electron chi connectivity index (χ3n) is 3.33. The number of carbonyl (C=O) groups is 1. The van der Waals surface area contributed by atoms with Crippen LogP contribution in [0.25, 0.3) is 6.08 Å². The zero-order valence-electron chi connectivity index (χ0n) is 15.8.